The van der Waals surface area contributed by atoms with Gasteiger partial charge in [-0.05, 0) is 24.3 Å². The second-order valence-corrected chi connectivity index (χ2v) is 3.55. The van der Waals surface area contributed by atoms with Crippen molar-refractivity contribution in [3.05, 3.63) is 60.2 Å². The van der Waals surface area contributed by atoms with Gasteiger partial charge in [-0.15, -0.1) is 0 Å². The van der Waals surface area contributed by atoms with Gasteiger partial charge in [-0.2, -0.15) is 0 Å². The lowest BCUT2D eigenvalue weighted by atomic mass is 10.2. The lowest BCUT2D eigenvalue weighted by Crippen LogP contribution is -1.85. The van der Waals surface area contributed by atoms with Gasteiger partial charge in [0.05, 0.1) is 13.2 Å². The summed E-state index contributed by atoms with van der Waals surface area (Å²) in [6, 6.07) is 16.5. The van der Waals surface area contributed by atoms with Crippen LogP contribution in [0.4, 0.5) is 0 Å². The fourth-order valence-electron chi connectivity index (χ4n) is 1.28. The molecule has 0 amide bonds. The van der Waals surface area contributed by atoms with Gasteiger partial charge < -0.3 is 14.9 Å². The van der Waals surface area contributed by atoms with E-state index in [9.17, 15) is 4.79 Å². The first-order valence-corrected chi connectivity index (χ1v) is 5.80. The van der Waals surface area contributed by atoms with E-state index in [1.807, 2.05) is 36.4 Å². The van der Waals surface area contributed by atoms with Crippen molar-refractivity contribution >= 4 is 6.29 Å². The van der Waals surface area contributed by atoms with Crippen LogP contribution in [0.25, 0.3) is 0 Å². The van der Waals surface area contributed by atoms with Crippen molar-refractivity contribution < 1.29 is 19.7 Å². The van der Waals surface area contributed by atoms with Crippen molar-refractivity contribution in [2.75, 3.05) is 13.2 Å². The fraction of sp³-hybridized carbons (Fsp3) is 0.133. The third-order valence-corrected chi connectivity index (χ3v) is 2.07. The summed E-state index contributed by atoms with van der Waals surface area (Å²) in [5.41, 5.74) is 0.614. The monoisotopic (exact) mass is 260 g/mol. The van der Waals surface area contributed by atoms with E-state index in [2.05, 4.69) is 0 Å². The Morgan fingerprint density at radius 3 is 2.11 bits per heavy atom. The topological polar surface area (TPSA) is 66.8 Å². The number of para-hydroxylation sites is 1. The number of aliphatic hydroxyl groups excluding tert-OH is 2. The number of ether oxygens (including phenoxy) is 1. The molecule has 0 heterocycles. The van der Waals surface area contributed by atoms with Crippen LogP contribution in [0.5, 0.6) is 11.5 Å². The molecule has 0 fully saturated rings. The van der Waals surface area contributed by atoms with Crippen LogP contribution in [0.15, 0.2) is 54.6 Å². The molecule has 4 nitrogen and oxygen atoms in total. The zero-order valence-electron chi connectivity index (χ0n) is 10.4. The van der Waals surface area contributed by atoms with Gasteiger partial charge in [0, 0.05) is 5.56 Å². The lowest BCUT2D eigenvalue weighted by Gasteiger charge is -2.04. The minimum absolute atomic E-state index is 0.125. The molecule has 0 aromatic heterocycles. The molecule has 0 unspecified atom stereocenters. The molecule has 100 valence electrons. The van der Waals surface area contributed by atoms with E-state index in [0.29, 0.717) is 11.3 Å². The molecule has 2 N–H and O–H groups in total. The highest BCUT2D eigenvalue weighted by molar-refractivity contribution is 5.75. The van der Waals surface area contributed by atoms with Crippen LogP contribution in [-0.2, 0) is 0 Å². The van der Waals surface area contributed by atoms with Crippen LogP contribution in [0.3, 0.4) is 0 Å². The molecule has 0 saturated heterocycles. The van der Waals surface area contributed by atoms with Gasteiger partial charge in [-0.3, -0.25) is 4.79 Å². The average molecular weight is 260 g/mol. The van der Waals surface area contributed by atoms with Crippen molar-refractivity contribution in [2.45, 2.75) is 0 Å². The van der Waals surface area contributed by atoms with Gasteiger partial charge in [-0.25, -0.2) is 0 Å². The van der Waals surface area contributed by atoms with E-state index in [0.717, 1.165) is 12.0 Å². The minimum Gasteiger partial charge on any atom is -0.457 e. The van der Waals surface area contributed by atoms with Gasteiger partial charge >= 0.3 is 0 Å². The molecule has 0 aliphatic carbocycles. The Labute approximate surface area is 111 Å². The van der Waals surface area contributed by atoms with Crippen LogP contribution in [-0.4, -0.2) is 29.7 Å². The number of hydrogen-bond acceptors (Lipinski definition) is 4. The molecule has 0 aliphatic rings. The van der Waals surface area contributed by atoms with Gasteiger partial charge in [0.25, 0.3) is 0 Å². The first-order valence-electron chi connectivity index (χ1n) is 5.80. The normalized spacial score (nSPS) is 9.16. The molecule has 2 aromatic rings. The van der Waals surface area contributed by atoms with Gasteiger partial charge in [0.1, 0.15) is 17.8 Å². The lowest BCUT2D eigenvalue weighted by molar-refractivity contribution is 0.112. The predicted octanol–water partition coefficient (Wildman–Crippen LogP) is 2.26. The Hall–Kier alpha value is -2.17. The molecule has 0 atom stereocenters. The molecule has 0 aliphatic heterocycles. The summed E-state index contributed by atoms with van der Waals surface area (Å²) in [7, 11) is 0. The second-order valence-electron chi connectivity index (χ2n) is 3.55. The van der Waals surface area contributed by atoms with Crippen LogP contribution in [0, 0.1) is 0 Å². The van der Waals surface area contributed by atoms with Crippen molar-refractivity contribution in [1.29, 1.82) is 0 Å². The number of carbonyl (C=O) groups is 1. The number of carbonyl (C=O) groups excluding carboxylic acids is 1. The second kappa shape index (κ2) is 8.85. The molecular weight excluding hydrogens is 244 g/mol. The molecule has 2 rings (SSSR count). The van der Waals surface area contributed by atoms with Crippen molar-refractivity contribution in [3.8, 4) is 11.5 Å². The maximum absolute atomic E-state index is 10.6. The van der Waals surface area contributed by atoms with Gasteiger partial charge in [-0.1, -0.05) is 30.3 Å². The molecular formula is C15H16O4. The summed E-state index contributed by atoms with van der Waals surface area (Å²) in [5.74, 6) is 1.44. The Kier molecular flexibility index (Phi) is 6.94. The first-order chi connectivity index (χ1) is 9.30. The third-order valence-electron chi connectivity index (χ3n) is 2.07. The number of aliphatic hydroxyl groups is 2. The zero-order valence-corrected chi connectivity index (χ0v) is 10.4. The van der Waals surface area contributed by atoms with E-state index < -0.39 is 0 Å². The smallest absolute Gasteiger partial charge is 0.150 e. The summed E-state index contributed by atoms with van der Waals surface area (Å²) < 4.78 is 5.56. The highest BCUT2D eigenvalue weighted by Gasteiger charge is 1.97. The summed E-state index contributed by atoms with van der Waals surface area (Å²) in [4.78, 5) is 10.6. The predicted molar refractivity (Wildman–Crippen MR) is 72.5 cm³/mol. The van der Waals surface area contributed by atoms with Crippen LogP contribution in [0.1, 0.15) is 10.4 Å². The number of rotatable bonds is 4. The molecule has 0 spiro atoms. The molecule has 0 saturated carbocycles. The van der Waals surface area contributed by atoms with E-state index in [1.54, 1.807) is 18.2 Å². The minimum atomic E-state index is -0.125. The third kappa shape index (κ3) is 5.81. The van der Waals surface area contributed by atoms with Crippen LogP contribution >= 0.6 is 0 Å². The van der Waals surface area contributed by atoms with E-state index in [1.165, 1.54) is 0 Å². The molecule has 19 heavy (non-hydrogen) atoms. The Balaban J connectivity index is 0.000000399. The quantitative estimate of drug-likeness (QED) is 0.827. The molecule has 4 heteroatoms. The highest BCUT2D eigenvalue weighted by atomic mass is 16.5. The van der Waals surface area contributed by atoms with E-state index in [4.69, 9.17) is 14.9 Å². The SMILES string of the molecule is O=Cc1cccc(Oc2ccccc2)c1.OCCO. The highest BCUT2D eigenvalue weighted by Crippen LogP contribution is 2.20. The Morgan fingerprint density at radius 1 is 0.895 bits per heavy atom. The van der Waals surface area contributed by atoms with Crippen molar-refractivity contribution in [3.63, 3.8) is 0 Å². The Morgan fingerprint density at radius 2 is 1.53 bits per heavy atom. The summed E-state index contributed by atoms with van der Waals surface area (Å²) in [5, 5.41) is 15.2. The average Bonchev–Trinajstić information content (AvgIpc) is 2.49. The van der Waals surface area contributed by atoms with Crippen molar-refractivity contribution in [1.82, 2.24) is 0 Å². The van der Waals surface area contributed by atoms with Crippen LogP contribution < -0.4 is 4.74 Å². The van der Waals surface area contributed by atoms with Crippen LogP contribution in [0.2, 0.25) is 0 Å². The van der Waals surface area contributed by atoms with E-state index in [-0.39, 0.29) is 13.2 Å². The maximum Gasteiger partial charge on any atom is 0.150 e. The summed E-state index contributed by atoms with van der Waals surface area (Å²) in [6.45, 7) is -0.250. The molecule has 0 bridgehead atoms. The standard InChI is InChI=1S/C13H10O2.C2H6O2/c14-10-11-5-4-8-13(9-11)15-12-6-2-1-3-7-12;3-1-2-4/h1-10H;3-4H,1-2H2. The summed E-state index contributed by atoms with van der Waals surface area (Å²) in [6.07, 6.45) is 0.803. The number of benzene rings is 2. The largest absolute Gasteiger partial charge is 0.457 e. The number of hydrogen-bond donors (Lipinski definition) is 2. The summed E-state index contributed by atoms with van der Waals surface area (Å²) >= 11 is 0. The van der Waals surface area contributed by atoms with Gasteiger partial charge in [0.2, 0.25) is 0 Å². The zero-order chi connectivity index (χ0) is 13.9. The molecule has 2 aromatic carbocycles. The number of aldehydes is 1. The van der Waals surface area contributed by atoms with E-state index >= 15 is 0 Å². The van der Waals surface area contributed by atoms with Gasteiger partial charge in [0.15, 0.2) is 0 Å². The first kappa shape index (κ1) is 14.9. The molecule has 0 radical (unpaired) electrons. The fourth-order valence-corrected chi connectivity index (χ4v) is 1.28. The maximum atomic E-state index is 10.6. The Bertz CT molecular complexity index is 481. The van der Waals surface area contributed by atoms with Crippen molar-refractivity contribution in [2.24, 2.45) is 0 Å².